The molecule has 0 unspecified atom stereocenters. The molecule has 1 heterocycles. The SMILES string of the molecule is CC(C)c1ccncc1SC(N)=O. The maximum absolute atomic E-state index is 10.7. The highest BCUT2D eigenvalue weighted by Gasteiger charge is 2.08. The molecule has 0 saturated heterocycles. The maximum atomic E-state index is 10.7. The van der Waals surface area contributed by atoms with Crippen LogP contribution in [0.5, 0.6) is 0 Å². The standard InChI is InChI=1S/C9H12N2OS/c1-6(2)7-3-4-11-5-8(7)13-9(10)12/h3-6H,1-2H3,(H2,10,12). The normalized spacial score (nSPS) is 10.4. The number of hydrogen-bond donors (Lipinski definition) is 1. The van der Waals surface area contributed by atoms with Gasteiger partial charge in [0.25, 0.3) is 5.24 Å². The molecule has 0 aliphatic heterocycles. The summed E-state index contributed by atoms with van der Waals surface area (Å²) < 4.78 is 0. The first-order valence-corrected chi connectivity index (χ1v) is 4.84. The minimum atomic E-state index is -0.394. The number of rotatable bonds is 2. The summed E-state index contributed by atoms with van der Waals surface area (Å²) >= 11 is 1.03. The molecule has 1 amide bonds. The number of pyridine rings is 1. The Bertz CT molecular complexity index is 312. The number of aromatic nitrogens is 1. The van der Waals surface area contributed by atoms with Crippen molar-refractivity contribution in [3.63, 3.8) is 0 Å². The fourth-order valence-electron chi connectivity index (χ4n) is 1.06. The fourth-order valence-corrected chi connectivity index (χ4v) is 1.81. The van der Waals surface area contributed by atoms with Crippen molar-refractivity contribution in [3.8, 4) is 0 Å². The number of carbonyl (C=O) groups excluding carboxylic acids is 1. The zero-order valence-corrected chi connectivity index (χ0v) is 8.47. The van der Waals surface area contributed by atoms with Crippen molar-refractivity contribution in [3.05, 3.63) is 24.0 Å². The third kappa shape index (κ3) is 2.73. The van der Waals surface area contributed by atoms with Crippen LogP contribution in [0.4, 0.5) is 4.79 Å². The molecule has 4 heteroatoms. The van der Waals surface area contributed by atoms with Crippen molar-refractivity contribution in [2.75, 3.05) is 0 Å². The molecule has 2 N–H and O–H groups in total. The Morgan fingerprint density at radius 3 is 2.85 bits per heavy atom. The van der Waals surface area contributed by atoms with Gasteiger partial charge in [-0.05, 0) is 29.3 Å². The lowest BCUT2D eigenvalue weighted by Gasteiger charge is -2.09. The second-order valence-corrected chi connectivity index (χ2v) is 4.04. The van der Waals surface area contributed by atoms with Crippen molar-refractivity contribution in [1.29, 1.82) is 0 Å². The molecule has 0 aliphatic rings. The molecule has 0 spiro atoms. The van der Waals surface area contributed by atoms with Crippen LogP contribution < -0.4 is 5.73 Å². The van der Waals surface area contributed by atoms with Gasteiger partial charge in [-0.2, -0.15) is 0 Å². The number of nitrogens with zero attached hydrogens (tertiary/aromatic N) is 1. The Hall–Kier alpha value is -1.03. The molecule has 0 aliphatic carbocycles. The first kappa shape index (κ1) is 10.1. The maximum Gasteiger partial charge on any atom is 0.281 e. The van der Waals surface area contributed by atoms with E-state index in [2.05, 4.69) is 18.8 Å². The third-order valence-corrected chi connectivity index (χ3v) is 2.41. The van der Waals surface area contributed by atoms with Crippen LogP contribution >= 0.6 is 11.8 Å². The largest absolute Gasteiger partial charge is 0.360 e. The molecule has 13 heavy (non-hydrogen) atoms. The predicted octanol–water partition coefficient (Wildman–Crippen LogP) is 2.38. The molecular formula is C9H12N2OS. The molecule has 1 rings (SSSR count). The highest BCUT2D eigenvalue weighted by atomic mass is 32.2. The molecule has 1 aromatic rings. The van der Waals surface area contributed by atoms with E-state index in [-0.39, 0.29) is 0 Å². The quantitative estimate of drug-likeness (QED) is 0.739. The van der Waals surface area contributed by atoms with Gasteiger partial charge < -0.3 is 5.73 Å². The van der Waals surface area contributed by atoms with E-state index in [0.29, 0.717) is 5.92 Å². The Morgan fingerprint density at radius 2 is 2.31 bits per heavy atom. The smallest absolute Gasteiger partial charge is 0.281 e. The Labute approximate surface area is 81.7 Å². The lowest BCUT2D eigenvalue weighted by atomic mass is 10.1. The van der Waals surface area contributed by atoms with Crippen LogP contribution in [0, 0.1) is 0 Å². The first-order chi connectivity index (χ1) is 6.11. The van der Waals surface area contributed by atoms with Gasteiger partial charge >= 0.3 is 0 Å². The topological polar surface area (TPSA) is 56.0 Å². The summed E-state index contributed by atoms with van der Waals surface area (Å²) in [6.45, 7) is 4.14. The molecule has 70 valence electrons. The summed E-state index contributed by atoms with van der Waals surface area (Å²) in [4.78, 5) is 15.5. The van der Waals surface area contributed by atoms with Gasteiger partial charge in [0.15, 0.2) is 0 Å². The molecule has 0 fully saturated rings. The lowest BCUT2D eigenvalue weighted by molar-refractivity contribution is 0.267. The van der Waals surface area contributed by atoms with Crippen LogP contribution in [0.2, 0.25) is 0 Å². The third-order valence-electron chi connectivity index (χ3n) is 1.65. The van der Waals surface area contributed by atoms with E-state index in [1.54, 1.807) is 12.4 Å². The van der Waals surface area contributed by atoms with Crippen LogP contribution in [0.1, 0.15) is 25.3 Å². The monoisotopic (exact) mass is 196 g/mol. The number of primary amides is 1. The number of hydrogen-bond acceptors (Lipinski definition) is 3. The highest BCUT2D eigenvalue weighted by Crippen LogP contribution is 2.26. The van der Waals surface area contributed by atoms with Crippen molar-refractivity contribution >= 4 is 17.0 Å². The molecule has 3 nitrogen and oxygen atoms in total. The Kier molecular flexibility index (Phi) is 3.31. The van der Waals surface area contributed by atoms with Crippen LogP contribution in [-0.2, 0) is 0 Å². The van der Waals surface area contributed by atoms with Gasteiger partial charge in [-0.25, -0.2) is 0 Å². The van der Waals surface area contributed by atoms with E-state index >= 15 is 0 Å². The van der Waals surface area contributed by atoms with E-state index in [1.807, 2.05) is 6.07 Å². The highest BCUT2D eigenvalue weighted by molar-refractivity contribution is 8.13. The summed E-state index contributed by atoms with van der Waals surface area (Å²) in [5.41, 5.74) is 6.20. The van der Waals surface area contributed by atoms with E-state index in [9.17, 15) is 4.79 Å². The minimum absolute atomic E-state index is 0.379. The van der Waals surface area contributed by atoms with E-state index < -0.39 is 5.24 Å². The van der Waals surface area contributed by atoms with Gasteiger partial charge in [0.05, 0.1) is 0 Å². The molecule has 0 bridgehead atoms. The Balaban J connectivity index is 2.97. The zero-order chi connectivity index (χ0) is 9.84. The summed E-state index contributed by atoms with van der Waals surface area (Å²) in [5, 5.41) is -0.394. The molecule has 0 aromatic carbocycles. The average Bonchev–Trinajstić information content (AvgIpc) is 2.03. The molecule has 0 atom stereocenters. The second kappa shape index (κ2) is 4.28. The van der Waals surface area contributed by atoms with Gasteiger partial charge in [-0.1, -0.05) is 13.8 Å². The van der Waals surface area contributed by atoms with Crippen LogP contribution in [0.3, 0.4) is 0 Å². The van der Waals surface area contributed by atoms with E-state index in [0.717, 1.165) is 22.2 Å². The van der Waals surface area contributed by atoms with Gasteiger partial charge in [-0.3, -0.25) is 9.78 Å². The summed E-state index contributed by atoms with van der Waals surface area (Å²) in [7, 11) is 0. The molecule has 1 aromatic heterocycles. The molecular weight excluding hydrogens is 184 g/mol. The van der Waals surface area contributed by atoms with Gasteiger partial charge in [-0.15, -0.1) is 0 Å². The van der Waals surface area contributed by atoms with Crippen LogP contribution in [-0.4, -0.2) is 10.2 Å². The minimum Gasteiger partial charge on any atom is -0.360 e. The van der Waals surface area contributed by atoms with Gasteiger partial charge in [0, 0.05) is 17.3 Å². The van der Waals surface area contributed by atoms with Crippen molar-refractivity contribution in [2.24, 2.45) is 5.73 Å². The van der Waals surface area contributed by atoms with Crippen LogP contribution in [0.15, 0.2) is 23.4 Å². The molecule has 0 saturated carbocycles. The second-order valence-electron chi connectivity index (χ2n) is 2.99. The number of amides is 1. The fraction of sp³-hybridized carbons (Fsp3) is 0.333. The van der Waals surface area contributed by atoms with Crippen LogP contribution in [0.25, 0.3) is 0 Å². The average molecular weight is 196 g/mol. The van der Waals surface area contributed by atoms with E-state index in [1.165, 1.54) is 0 Å². The predicted molar refractivity (Wildman–Crippen MR) is 53.8 cm³/mol. The Morgan fingerprint density at radius 1 is 1.62 bits per heavy atom. The first-order valence-electron chi connectivity index (χ1n) is 4.02. The van der Waals surface area contributed by atoms with Crippen molar-refractivity contribution in [1.82, 2.24) is 4.98 Å². The van der Waals surface area contributed by atoms with Crippen molar-refractivity contribution in [2.45, 2.75) is 24.7 Å². The lowest BCUT2D eigenvalue weighted by Crippen LogP contribution is -2.03. The van der Waals surface area contributed by atoms with Crippen molar-refractivity contribution < 1.29 is 4.79 Å². The summed E-state index contributed by atoms with van der Waals surface area (Å²) in [6, 6.07) is 1.91. The van der Waals surface area contributed by atoms with Gasteiger partial charge in [0.1, 0.15) is 0 Å². The molecule has 0 radical (unpaired) electrons. The van der Waals surface area contributed by atoms with Gasteiger partial charge in [0.2, 0.25) is 0 Å². The number of nitrogens with two attached hydrogens (primary N) is 1. The number of thioether (sulfide) groups is 1. The zero-order valence-electron chi connectivity index (χ0n) is 7.65. The van der Waals surface area contributed by atoms with E-state index in [4.69, 9.17) is 5.73 Å². The number of carbonyl (C=O) groups is 1. The summed E-state index contributed by atoms with van der Waals surface area (Å²) in [5.74, 6) is 0.379. The summed E-state index contributed by atoms with van der Waals surface area (Å²) in [6.07, 6.45) is 3.39.